The number of halogens is 1. The van der Waals surface area contributed by atoms with Crippen molar-refractivity contribution in [2.45, 2.75) is 45.2 Å². The molecule has 0 amide bonds. The molecular weight excluding hydrogens is 380 g/mol. The number of carboxylic acid groups (broad SMARTS) is 1. The SMILES string of the molecule is Cc1ccccc1-c1noc(C(C)N2CCCC(N(C)CC(=O)O)CC2)n1.Cl. The molecule has 8 heteroatoms. The van der Waals surface area contributed by atoms with Crippen LogP contribution < -0.4 is 0 Å². The predicted octanol–water partition coefficient (Wildman–Crippen LogP) is 3.40. The fourth-order valence-corrected chi connectivity index (χ4v) is 3.77. The zero-order valence-electron chi connectivity index (χ0n) is 16.7. The summed E-state index contributed by atoms with van der Waals surface area (Å²) in [5, 5.41) is 13.2. The maximum absolute atomic E-state index is 11.0. The first kappa shape index (κ1) is 22.3. The third-order valence-electron chi connectivity index (χ3n) is 5.47. The van der Waals surface area contributed by atoms with Crippen molar-refractivity contribution in [2.24, 2.45) is 0 Å². The normalized spacial score (nSPS) is 19.1. The van der Waals surface area contributed by atoms with Gasteiger partial charge in [0.25, 0.3) is 0 Å². The van der Waals surface area contributed by atoms with Gasteiger partial charge in [-0.25, -0.2) is 0 Å². The van der Waals surface area contributed by atoms with Crippen LogP contribution in [-0.2, 0) is 4.79 Å². The van der Waals surface area contributed by atoms with Crippen molar-refractivity contribution in [1.29, 1.82) is 0 Å². The number of aryl methyl sites for hydroxylation is 1. The van der Waals surface area contributed by atoms with Gasteiger partial charge in [-0.05, 0) is 52.3 Å². The van der Waals surface area contributed by atoms with Gasteiger partial charge in [-0.2, -0.15) is 4.98 Å². The molecule has 7 nitrogen and oxygen atoms in total. The fraction of sp³-hybridized carbons (Fsp3) is 0.550. The highest BCUT2D eigenvalue weighted by Crippen LogP contribution is 2.27. The number of hydrogen-bond donors (Lipinski definition) is 1. The topological polar surface area (TPSA) is 82.7 Å². The molecular formula is C20H29ClN4O3. The lowest BCUT2D eigenvalue weighted by atomic mass is 10.1. The minimum absolute atomic E-state index is 0. The van der Waals surface area contributed by atoms with E-state index in [1.165, 1.54) is 0 Å². The van der Waals surface area contributed by atoms with Crippen molar-refractivity contribution in [3.8, 4) is 11.4 Å². The van der Waals surface area contributed by atoms with Crippen molar-refractivity contribution in [1.82, 2.24) is 19.9 Å². The van der Waals surface area contributed by atoms with Crippen LogP contribution in [0.2, 0.25) is 0 Å². The highest BCUT2D eigenvalue weighted by molar-refractivity contribution is 5.85. The first-order chi connectivity index (χ1) is 13.0. The van der Waals surface area contributed by atoms with Gasteiger partial charge in [0, 0.05) is 18.2 Å². The Bertz CT molecular complexity index is 782. The molecule has 0 radical (unpaired) electrons. The molecule has 1 N–H and O–H groups in total. The molecule has 1 saturated heterocycles. The molecule has 2 unspecified atom stereocenters. The van der Waals surface area contributed by atoms with Gasteiger partial charge in [0.15, 0.2) is 0 Å². The van der Waals surface area contributed by atoms with Crippen molar-refractivity contribution >= 4 is 18.4 Å². The summed E-state index contributed by atoms with van der Waals surface area (Å²) in [7, 11) is 1.89. The van der Waals surface area contributed by atoms with Gasteiger partial charge in [0.1, 0.15) is 0 Å². The van der Waals surface area contributed by atoms with Crippen LogP contribution in [0.25, 0.3) is 11.4 Å². The van der Waals surface area contributed by atoms with E-state index < -0.39 is 5.97 Å². The van der Waals surface area contributed by atoms with Gasteiger partial charge in [-0.1, -0.05) is 29.4 Å². The minimum Gasteiger partial charge on any atom is -0.480 e. The van der Waals surface area contributed by atoms with Crippen molar-refractivity contribution in [2.75, 3.05) is 26.7 Å². The van der Waals surface area contributed by atoms with E-state index in [0.29, 0.717) is 17.8 Å². The van der Waals surface area contributed by atoms with E-state index in [1.807, 2.05) is 43.1 Å². The molecule has 1 aromatic heterocycles. The van der Waals surface area contributed by atoms with Crippen LogP contribution in [0.3, 0.4) is 0 Å². The zero-order chi connectivity index (χ0) is 19.4. The smallest absolute Gasteiger partial charge is 0.317 e. The van der Waals surface area contributed by atoms with Crippen LogP contribution in [0.5, 0.6) is 0 Å². The van der Waals surface area contributed by atoms with Gasteiger partial charge < -0.3 is 9.63 Å². The van der Waals surface area contributed by atoms with E-state index in [-0.39, 0.29) is 25.0 Å². The summed E-state index contributed by atoms with van der Waals surface area (Å²) in [6, 6.07) is 8.35. The Labute approximate surface area is 172 Å². The molecule has 2 aromatic rings. The van der Waals surface area contributed by atoms with E-state index in [2.05, 4.69) is 22.0 Å². The second-order valence-electron chi connectivity index (χ2n) is 7.38. The summed E-state index contributed by atoms with van der Waals surface area (Å²) in [5.41, 5.74) is 2.11. The molecule has 28 heavy (non-hydrogen) atoms. The van der Waals surface area contributed by atoms with Crippen LogP contribution in [0.1, 0.15) is 43.7 Å². The number of likely N-dealkylation sites (N-methyl/N-ethyl adjacent to an activating group) is 1. The number of nitrogens with zero attached hydrogens (tertiary/aromatic N) is 4. The highest BCUT2D eigenvalue weighted by atomic mass is 35.5. The molecule has 1 aromatic carbocycles. The molecule has 0 saturated carbocycles. The molecule has 1 aliphatic heterocycles. The monoisotopic (exact) mass is 408 g/mol. The van der Waals surface area contributed by atoms with Crippen molar-refractivity contribution in [3.63, 3.8) is 0 Å². The summed E-state index contributed by atoms with van der Waals surface area (Å²) in [5.74, 6) is 0.482. The van der Waals surface area contributed by atoms with Gasteiger partial charge >= 0.3 is 5.97 Å². The summed E-state index contributed by atoms with van der Waals surface area (Å²) in [4.78, 5) is 19.9. The van der Waals surface area contributed by atoms with Gasteiger partial charge in [0.05, 0.1) is 12.6 Å². The number of likely N-dealkylation sites (tertiary alicyclic amines) is 1. The zero-order valence-corrected chi connectivity index (χ0v) is 17.5. The van der Waals surface area contributed by atoms with E-state index in [4.69, 9.17) is 9.63 Å². The van der Waals surface area contributed by atoms with Crippen molar-refractivity contribution in [3.05, 3.63) is 35.7 Å². The Hall–Kier alpha value is -1.96. The number of benzene rings is 1. The number of carbonyl (C=O) groups is 1. The second-order valence-corrected chi connectivity index (χ2v) is 7.38. The predicted molar refractivity (Wildman–Crippen MR) is 110 cm³/mol. The highest BCUT2D eigenvalue weighted by Gasteiger charge is 2.27. The molecule has 0 aliphatic carbocycles. The van der Waals surface area contributed by atoms with E-state index in [0.717, 1.165) is 43.5 Å². The maximum atomic E-state index is 11.0. The maximum Gasteiger partial charge on any atom is 0.317 e. The molecule has 0 spiro atoms. The largest absolute Gasteiger partial charge is 0.480 e. The number of aliphatic carboxylic acids is 1. The Morgan fingerprint density at radius 2 is 2.11 bits per heavy atom. The van der Waals surface area contributed by atoms with Crippen molar-refractivity contribution < 1.29 is 14.4 Å². The molecule has 1 fully saturated rings. The van der Waals surface area contributed by atoms with Gasteiger partial charge in [-0.3, -0.25) is 14.6 Å². The first-order valence-electron chi connectivity index (χ1n) is 9.51. The number of rotatable bonds is 6. The number of hydrogen-bond acceptors (Lipinski definition) is 6. The molecule has 2 heterocycles. The van der Waals surface area contributed by atoms with Gasteiger partial charge in [0.2, 0.25) is 11.7 Å². The molecule has 0 bridgehead atoms. The molecule has 2 atom stereocenters. The summed E-state index contributed by atoms with van der Waals surface area (Å²) in [6.45, 7) is 6.05. The average Bonchev–Trinajstić information content (AvgIpc) is 2.98. The first-order valence-corrected chi connectivity index (χ1v) is 9.51. The number of carboxylic acids is 1. The quantitative estimate of drug-likeness (QED) is 0.784. The summed E-state index contributed by atoms with van der Waals surface area (Å²) >= 11 is 0. The Balaban J connectivity index is 0.00000280. The van der Waals surface area contributed by atoms with Crippen LogP contribution in [0.4, 0.5) is 0 Å². The van der Waals surface area contributed by atoms with E-state index >= 15 is 0 Å². The van der Waals surface area contributed by atoms with E-state index in [1.54, 1.807) is 0 Å². The molecule has 154 valence electrons. The number of aromatic nitrogens is 2. The van der Waals surface area contributed by atoms with Crippen LogP contribution in [0.15, 0.2) is 28.8 Å². The van der Waals surface area contributed by atoms with E-state index in [9.17, 15) is 4.79 Å². The summed E-state index contributed by atoms with van der Waals surface area (Å²) in [6.07, 6.45) is 2.97. The lowest BCUT2D eigenvalue weighted by Crippen LogP contribution is -2.36. The Morgan fingerprint density at radius 1 is 1.36 bits per heavy atom. The molecule has 3 rings (SSSR count). The lowest BCUT2D eigenvalue weighted by molar-refractivity contribution is -0.138. The van der Waals surface area contributed by atoms with Crippen LogP contribution in [0, 0.1) is 6.92 Å². The molecule has 1 aliphatic rings. The second kappa shape index (κ2) is 10.0. The van der Waals surface area contributed by atoms with Crippen LogP contribution >= 0.6 is 12.4 Å². The standard InChI is InChI=1S/C20H28N4O3.ClH/c1-14-7-4-5-9-17(14)19-21-20(27-22-19)15(2)24-11-6-8-16(10-12-24)23(3)13-18(25)26;/h4-5,7,9,15-16H,6,8,10-13H2,1-3H3,(H,25,26);1H. The minimum atomic E-state index is -0.776. The average molecular weight is 409 g/mol. The third-order valence-corrected chi connectivity index (χ3v) is 5.47. The Kier molecular flexibility index (Phi) is 7.98. The third kappa shape index (κ3) is 5.31. The summed E-state index contributed by atoms with van der Waals surface area (Å²) < 4.78 is 5.57. The van der Waals surface area contributed by atoms with Gasteiger partial charge in [-0.15, -0.1) is 12.4 Å². The fourth-order valence-electron chi connectivity index (χ4n) is 3.77. The lowest BCUT2D eigenvalue weighted by Gasteiger charge is -2.27. The Morgan fingerprint density at radius 3 is 2.82 bits per heavy atom. The van der Waals surface area contributed by atoms with Crippen LogP contribution in [-0.4, -0.2) is 63.7 Å².